The Kier molecular flexibility index (Phi) is 5.01. The Balaban J connectivity index is 1.61. The first-order valence-electron chi connectivity index (χ1n) is 7.54. The van der Waals surface area contributed by atoms with Gasteiger partial charge in [-0.3, -0.25) is 0 Å². The fourth-order valence-electron chi connectivity index (χ4n) is 2.65. The minimum absolute atomic E-state index is 0.520. The summed E-state index contributed by atoms with van der Waals surface area (Å²) in [6.45, 7) is 0. The topological polar surface area (TPSA) is 12.0 Å². The van der Waals surface area contributed by atoms with Crippen molar-refractivity contribution in [3.8, 4) is 0 Å². The van der Waals surface area contributed by atoms with Crippen molar-refractivity contribution in [2.24, 2.45) is 0 Å². The number of hydrogen-bond donors (Lipinski definition) is 1. The van der Waals surface area contributed by atoms with Crippen molar-refractivity contribution in [2.45, 2.75) is 29.9 Å². The Morgan fingerprint density at radius 2 is 1.52 bits per heavy atom. The van der Waals surface area contributed by atoms with Crippen LogP contribution in [0.5, 0.6) is 0 Å². The van der Waals surface area contributed by atoms with Gasteiger partial charge in [0.1, 0.15) is 0 Å². The zero-order chi connectivity index (χ0) is 14.3. The number of para-hydroxylation sites is 1. The molecule has 2 aromatic carbocycles. The summed E-state index contributed by atoms with van der Waals surface area (Å²) >= 11 is 2.06. The molecule has 0 amide bonds. The van der Waals surface area contributed by atoms with Gasteiger partial charge in [0.2, 0.25) is 0 Å². The number of anilines is 1. The Bertz CT molecular complexity index is 565. The maximum Gasteiger partial charge on any atom is 0.0417 e. The predicted octanol–water partition coefficient (Wildman–Crippen LogP) is 5.12. The number of benzene rings is 2. The molecule has 0 radical (unpaired) electrons. The first-order valence-corrected chi connectivity index (χ1v) is 8.59. The first kappa shape index (κ1) is 14.3. The zero-order valence-corrected chi connectivity index (χ0v) is 12.9. The molecule has 0 heterocycles. The van der Waals surface area contributed by atoms with Gasteiger partial charge in [-0.05, 0) is 30.5 Å². The van der Waals surface area contributed by atoms with Gasteiger partial charge in [-0.1, -0.05) is 60.7 Å². The van der Waals surface area contributed by atoms with Crippen molar-refractivity contribution >= 4 is 17.4 Å². The molecule has 1 N–H and O–H groups in total. The smallest absolute Gasteiger partial charge is 0.0417 e. The van der Waals surface area contributed by atoms with Crippen LogP contribution in [0.2, 0.25) is 0 Å². The van der Waals surface area contributed by atoms with Crippen LogP contribution in [0.3, 0.4) is 0 Å². The minimum atomic E-state index is 0.520. The molecule has 1 aliphatic rings. The van der Waals surface area contributed by atoms with E-state index < -0.39 is 0 Å². The van der Waals surface area contributed by atoms with Gasteiger partial charge in [-0.25, -0.2) is 0 Å². The summed E-state index contributed by atoms with van der Waals surface area (Å²) in [7, 11) is 0. The van der Waals surface area contributed by atoms with Gasteiger partial charge in [0, 0.05) is 22.7 Å². The molecule has 0 spiro atoms. The van der Waals surface area contributed by atoms with E-state index in [9.17, 15) is 0 Å². The lowest BCUT2D eigenvalue weighted by Crippen LogP contribution is -2.32. The molecule has 1 aliphatic carbocycles. The van der Waals surface area contributed by atoms with E-state index in [0.717, 1.165) is 18.6 Å². The molecular weight excluding hydrogens is 274 g/mol. The lowest BCUT2D eigenvalue weighted by molar-refractivity contribution is 0.661. The van der Waals surface area contributed by atoms with Crippen LogP contribution in [0.25, 0.3) is 0 Å². The third kappa shape index (κ3) is 4.15. The minimum Gasteiger partial charge on any atom is -0.381 e. The number of rotatable bonds is 5. The molecule has 0 bridgehead atoms. The molecule has 2 aromatic rings. The third-order valence-corrected chi connectivity index (χ3v) is 5.26. The van der Waals surface area contributed by atoms with Crippen LogP contribution >= 0.6 is 11.8 Å². The van der Waals surface area contributed by atoms with Crippen LogP contribution < -0.4 is 5.32 Å². The van der Waals surface area contributed by atoms with Gasteiger partial charge in [0.15, 0.2) is 0 Å². The van der Waals surface area contributed by atoms with E-state index in [1.807, 2.05) is 0 Å². The summed E-state index contributed by atoms with van der Waals surface area (Å²) in [4.78, 5) is 0. The second-order valence-electron chi connectivity index (χ2n) is 5.39. The maximum absolute atomic E-state index is 3.70. The monoisotopic (exact) mass is 295 g/mol. The van der Waals surface area contributed by atoms with Crippen molar-refractivity contribution in [3.63, 3.8) is 0 Å². The largest absolute Gasteiger partial charge is 0.381 e. The maximum atomic E-state index is 3.70. The molecule has 0 unspecified atom stereocenters. The second kappa shape index (κ2) is 7.37. The Hall–Kier alpha value is -1.67. The van der Waals surface area contributed by atoms with Crippen LogP contribution in [0.4, 0.5) is 5.69 Å². The van der Waals surface area contributed by atoms with E-state index >= 15 is 0 Å². The highest BCUT2D eigenvalue weighted by atomic mass is 32.2. The van der Waals surface area contributed by atoms with Crippen LogP contribution in [-0.4, -0.2) is 11.3 Å². The van der Waals surface area contributed by atoms with E-state index in [2.05, 4.69) is 89.9 Å². The quantitative estimate of drug-likeness (QED) is 0.768. The SMILES string of the molecule is C1=CC[C@@H](SCc2ccccc2)[C@H](Nc2ccccc2)C1. The van der Waals surface area contributed by atoms with E-state index in [-0.39, 0.29) is 0 Å². The van der Waals surface area contributed by atoms with E-state index in [0.29, 0.717) is 11.3 Å². The first-order chi connectivity index (χ1) is 10.4. The van der Waals surface area contributed by atoms with Gasteiger partial charge in [-0.2, -0.15) is 11.8 Å². The summed E-state index contributed by atoms with van der Waals surface area (Å²) in [5.74, 6) is 1.09. The zero-order valence-electron chi connectivity index (χ0n) is 12.1. The van der Waals surface area contributed by atoms with Crippen LogP contribution in [-0.2, 0) is 5.75 Å². The van der Waals surface area contributed by atoms with Gasteiger partial charge in [0.05, 0.1) is 0 Å². The third-order valence-electron chi connectivity index (χ3n) is 3.81. The number of hydrogen-bond acceptors (Lipinski definition) is 2. The van der Waals surface area contributed by atoms with Crippen molar-refractivity contribution in [2.75, 3.05) is 5.32 Å². The van der Waals surface area contributed by atoms with Crippen molar-refractivity contribution < 1.29 is 0 Å². The molecule has 0 saturated carbocycles. The van der Waals surface area contributed by atoms with Crippen LogP contribution in [0.15, 0.2) is 72.8 Å². The van der Waals surface area contributed by atoms with Crippen molar-refractivity contribution in [1.29, 1.82) is 0 Å². The lowest BCUT2D eigenvalue weighted by Gasteiger charge is -2.29. The summed E-state index contributed by atoms with van der Waals surface area (Å²) in [6.07, 6.45) is 6.90. The highest BCUT2D eigenvalue weighted by Crippen LogP contribution is 2.29. The average molecular weight is 295 g/mol. The van der Waals surface area contributed by atoms with Gasteiger partial charge in [-0.15, -0.1) is 0 Å². The predicted molar refractivity (Wildman–Crippen MR) is 93.8 cm³/mol. The Labute approximate surface area is 131 Å². The molecule has 0 saturated heterocycles. The fourth-order valence-corrected chi connectivity index (χ4v) is 3.91. The highest BCUT2D eigenvalue weighted by molar-refractivity contribution is 7.99. The number of allylic oxidation sites excluding steroid dienone is 1. The van der Waals surface area contributed by atoms with E-state index in [1.54, 1.807) is 0 Å². The molecule has 3 rings (SSSR count). The van der Waals surface area contributed by atoms with Gasteiger partial charge in [0.25, 0.3) is 0 Å². The number of thioether (sulfide) groups is 1. The molecule has 0 aliphatic heterocycles. The molecule has 108 valence electrons. The highest BCUT2D eigenvalue weighted by Gasteiger charge is 2.22. The standard InChI is InChI=1S/C19H21NS/c1-3-9-16(10-4-1)15-21-19-14-8-7-13-18(19)20-17-11-5-2-6-12-17/h1-12,18-20H,13-15H2/t18-,19-/m1/s1. The molecule has 0 aromatic heterocycles. The average Bonchev–Trinajstić information content (AvgIpc) is 2.56. The summed E-state index contributed by atoms with van der Waals surface area (Å²) in [5, 5.41) is 4.33. The Morgan fingerprint density at radius 1 is 0.857 bits per heavy atom. The normalized spacial score (nSPS) is 21.1. The van der Waals surface area contributed by atoms with Gasteiger partial charge < -0.3 is 5.32 Å². The summed E-state index contributed by atoms with van der Waals surface area (Å²) in [5.41, 5.74) is 2.64. The fraction of sp³-hybridized carbons (Fsp3) is 0.263. The Morgan fingerprint density at radius 3 is 2.29 bits per heavy atom. The molecule has 2 atom stereocenters. The molecule has 1 nitrogen and oxygen atoms in total. The molecule has 21 heavy (non-hydrogen) atoms. The second-order valence-corrected chi connectivity index (χ2v) is 6.62. The van der Waals surface area contributed by atoms with Crippen LogP contribution in [0.1, 0.15) is 18.4 Å². The van der Waals surface area contributed by atoms with E-state index in [1.165, 1.54) is 11.3 Å². The van der Waals surface area contributed by atoms with Crippen molar-refractivity contribution in [3.05, 3.63) is 78.4 Å². The summed E-state index contributed by atoms with van der Waals surface area (Å²) < 4.78 is 0. The molecular formula is C19H21NS. The van der Waals surface area contributed by atoms with Crippen LogP contribution in [0, 0.1) is 0 Å². The van der Waals surface area contributed by atoms with Gasteiger partial charge >= 0.3 is 0 Å². The number of nitrogens with one attached hydrogen (secondary N) is 1. The van der Waals surface area contributed by atoms with Crippen molar-refractivity contribution in [1.82, 2.24) is 0 Å². The lowest BCUT2D eigenvalue weighted by atomic mass is 10.0. The van der Waals surface area contributed by atoms with E-state index in [4.69, 9.17) is 0 Å². The summed E-state index contributed by atoms with van der Waals surface area (Å²) in [6, 6.07) is 21.8. The molecule has 0 fully saturated rings. The molecule has 2 heteroatoms.